The topological polar surface area (TPSA) is 95.5 Å². The molecule has 2 aromatic carbocycles. The van der Waals surface area contributed by atoms with Gasteiger partial charge in [0.1, 0.15) is 26.4 Å². The Morgan fingerprint density at radius 1 is 0.621 bits per heavy atom. The van der Waals surface area contributed by atoms with Crippen molar-refractivity contribution in [3.63, 3.8) is 0 Å². The van der Waals surface area contributed by atoms with E-state index in [1.165, 1.54) is 18.2 Å². The van der Waals surface area contributed by atoms with Crippen LogP contribution in [0.4, 0.5) is 0 Å². The molecule has 1 aliphatic heterocycles. The maximum absolute atomic E-state index is 11.1. The molecule has 0 saturated carbocycles. The van der Waals surface area contributed by atoms with Gasteiger partial charge in [-0.3, -0.25) is 0 Å². The number of fused-ring (bicyclic) bond motifs is 2. The summed E-state index contributed by atoms with van der Waals surface area (Å²) in [5, 5.41) is 11.1. The standard InChI is InChI=1S/C21H24O8/c22-21(23)16-5-6-19-20(15-16)29-14-10-25-8-12-27-18-4-2-1-3-17(18)26-11-7-24-9-13-28-19/h1-6,15H,7-14H2,(H,22,23)/p-1. The van der Waals surface area contributed by atoms with E-state index in [0.717, 1.165) is 0 Å². The van der Waals surface area contributed by atoms with Crippen molar-refractivity contribution >= 4 is 5.97 Å². The Labute approximate surface area is 168 Å². The lowest BCUT2D eigenvalue weighted by atomic mass is 10.2. The number of ether oxygens (including phenoxy) is 6. The van der Waals surface area contributed by atoms with Crippen LogP contribution in [0.5, 0.6) is 23.0 Å². The van der Waals surface area contributed by atoms with Crippen LogP contribution in [0.25, 0.3) is 0 Å². The number of rotatable bonds is 1. The van der Waals surface area contributed by atoms with E-state index in [9.17, 15) is 9.90 Å². The van der Waals surface area contributed by atoms with Gasteiger partial charge in [-0.1, -0.05) is 12.1 Å². The Bertz CT molecular complexity index is 792. The molecule has 8 nitrogen and oxygen atoms in total. The number of carboxylic acid groups (broad SMARTS) is 1. The molecule has 0 radical (unpaired) electrons. The fourth-order valence-corrected chi connectivity index (χ4v) is 2.60. The van der Waals surface area contributed by atoms with Gasteiger partial charge in [-0.15, -0.1) is 0 Å². The molecule has 0 unspecified atom stereocenters. The smallest absolute Gasteiger partial charge is 0.161 e. The first-order valence-corrected chi connectivity index (χ1v) is 9.35. The number of benzene rings is 2. The van der Waals surface area contributed by atoms with Crippen molar-refractivity contribution in [3.8, 4) is 23.0 Å². The molecule has 0 amide bonds. The van der Waals surface area contributed by atoms with Crippen LogP contribution in [0.15, 0.2) is 42.5 Å². The fourth-order valence-electron chi connectivity index (χ4n) is 2.60. The lowest BCUT2D eigenvalue weighted by Crippen LogP contribution is -2.22. The highest BCUT2D eigenvalue weighted by molar-refractivity contribution is 5.86. The lowest BCUT2D eigenvalue weighted by molar-refractivity contribution is -0.255. The van der Waals surface area contributed by atoms with Gasteiger partial charge in [0.2, 0.25) is 0 Å². The molecule has 0 bridgehead atoms. The maximum Gasteiger partial charge on any atom is 0.161 e. The summed E-state index contributed by atoms with van der Waals surface area (Å²) in [7, 11) is 0. The van der Waals surface area contributed by atoms with E-state index in [0.29, 0.717) is 62.6 Å². The van der Waals surface area contributed by atoms with Crippen molar-refractivity contribution < 1.29 is 38.3 Å². The Hall–Kier alpha value is -2.97. The van der Waals surface area contributed by atoms with Crippen LogP contribution < -0.4 is 24.1 Å². The molecule has 0 fully saturated rings. The van der Waals surface area contributed by atoms with Gasteiger partial charge in [-0.05, 0) is 30.3 Å². The van der Waals surface area contributed by atoms with Gasteiger partial charge in [0.15, 0.2) is 23.0 Å². The highest BCUT2D eigenvalue weighted by Crippen LogP contribution is 2.29. The van der Waals surface area contributed by atoms with Gasteiger partial charge in [0.05, 0.1) is 32.4 Å². The Kier molecular flexibility index (Phi) is 7.97. The first-order chi connectivity index (χ1) is 14.2. The molecule has 0 saturated heterocycles. The second-order valence-electron chi connectivity index (χ2n) is 6.01. The van der Waals surface area contributed by atoms with Crippen molar-refractivity contribution in [2.24, 2.45) is 0 Å². The lowest BCUT2D eigenvalue weighted by Gasteiger charge is -2.16. The number of carboxylic acids is 1. The molecule has 29 heavy (non-hydrogen) atoms. The molecule has 0 aromatic heterocycles. The van der Waals surface area contributed by atoms with Gasteiger partial charge in [0.25, 0.3) is 0 Å². The van der Waals surface area contributed by atoms with Crippen LogP contribution >= 0.6 is 0 Å². The van der Waals surface area contributed by atoms with E-state index < -0.39 is 5.97 Å². The van der Waals surface area contributed by atoms with Crippen molar-refractivity contribution in [2.45, 2.75) is 0 Å². The van der Waals surface area contributed by atoms with Crippen molar-refractivity contribution in [2.75, 3.05) is 52.9 Å². The van der Waals surface area contributed by atoms with Gasteiger partial charge in [-0.2, -0.15) is 0 Å². The van der Waals surface area contributed by atoms with E-state index in [4.69, 9.17) is 28.4 Å². The fraction of sp³-hybridized carbons (Fsp3) is 0.381. The minimum atomic E-state index is -1.28. The first-order valence-electron chi connectivity index (χ1n) is 9.35. The summed E-state index contributed by atoms with van der Waals surface area (Å²) in [5.74, 6) is 0.737. The van der Waals surface area contributed by atoms with Crippen LogP contribution in [-0.4, -0.2) is 58.8 Å². The molecular formula is C21H23O8-. The Balaban J connectivity index is 1.61. The third-order valence-electron chi connectivity index (χ3n) is 3.97. The molecule has 2 aromatic rings. The van der Waals surface area contributed by atoms with E-state index >= 15 is 0 Å². The molecule has 1 aliphatic rings. The third-order valence-corrected chi connectivity index (χ3v) is 3.97. The van der Waals surface area contributed by atoms with E-state index in [1.807, 2.05) is 24.3 Å². The Morgan fingerprint density at radius 2 is 1.07 bits per heavy atom. The largest absolute Gasteiger partial charge is 0.545 e. The Morgan fingerprint density at radius 3 is 1.55 bits per heavy atom. The highest BCUT2D eigenvalue weighted by Gasteiger charge is 2.09. The molecule has 3 rings (SSSR count). The number of carbonyl (C=O) groups excluding carboxylic acids is 1. The third kappa shape index (κ3) is 6.55. The predicted octanol–water partition coefficient (Wildman–Crippen LogP) is 1.31. The average molecular weight is 403 g/mol. The van der Waals surface area contributed by atoms with Gasteiger partial charge >= 0.3 is 0 Å². The summed E-state index contributed by atoms with van der Waals surface area (Å²) in [6.45, 7) is 2.61. The van der Waals surface area contributed by atoms with Gasteiger partial charge < -0.3 is 38.3 Å². The van der Waals surface area contributed by atoms with Crippen molar-refractivity contribution in [1.82, 2.24) is 0 Å². The number of para-hydroxylation sites is 2. The summed E-state index contributed by atoms with van der Waals surface area (Å²) in [4.78, 5) is 11.1. The zero-order valence-corrected chi connectivity index (χ0v) is 16.0. The molecule has 0 aliphatic carbocycles. The number of hydrogen-bond donors (Lipinski definition) is 0. The molecular weight excluding hydrogens is 380 g/mol. The second-order valence-corrected chi connectivity index (χ2v) is 6.01. The zero-order valence-electron chi connectivity index (χ0n) is 16.0. The van der Waals surface area contributed by atoms with Crippen LogP contribution in [0, 0.1) is 0 Å². The summed E-state index contributed by atoms with van der Waals surface area (Å²) in [6, 6.07) is 11.7. The average Bonchev–Trinajstić information content (AvgIpc) is 2.73. The zero-order chi connectivity index (χ0) is 20.3. The molecule has 156 valence electrons. The maximum atomic E-state index is 11.1. The van der Waals surface area contributed by atoms with Crippen molar-refractivity contribution in [3.05, 3.63) is 48.0 Å². The summed E-state index contributed by atoms with van der Waals surface area (Å²) < 4.78 is 33.7. The molecule has 1 heterocycles. The minimum absolute atomic E-state index is 0.0101. The van der Waals surface area contributed by atoms with Gasteiger partial charge in [0, 0.05) is 5.56 Å². The monoisotopic (exact) mass is 403 g/mol. The normalized spacial score (nSPS) is 16.3. The quantitative estimate of drug-likeness (QED) is 0.703. The summed E-state index contributed by atoms with van der Waals surface area (Å²) in [5.41, 5.74) is 0.0101. The SMILES string of the molecule is O=C([O-])c1ccc2c(c1)OCCOCCOc1ccccc1OCCOCCO2. The summed E-state index contributed by atoms with van der Waals surface area (Å²) >= 11 is 0. The summed E-state index contributed by atoms with van der Waals surface area (Å²) in [6.07, 6.45) is 0. The van der Waals surface area contributed by atoms with Gasteiger partial charge in [-0.25, -0.2) is 0 Å². The first kappa shape index (κ1) is 20.8. The van der Waals surface area contributed by atoms with E-state index in [2.05, 4.69) is 0 Å². The molecule has 0 atom stereocenters. The second kappa shape index (κ2) is 11.1. The van der Waals surface area contributed by atoms with Crippen LogP contribution in [-0.2, 0) is 9.47 Å². The highest BCUT2D eigenvalue weighted by atomic mass is 16.6. The van der Waals surface area contributed by atoms with Crippen LogP contribution in [0.3, 0.4) is 0 Å². The van der Waals surface area contributed by atoms with Crippen molar-refractivity contribution in [1.29, 1.82) is 0 Å². The van der Waals surface area contributed by atoms with Crippen LogP contribution in [0.2, 0.25) is 0 Å². The number of carbonyl (C=O) groups is 1. The molecule has 0 spiro atoms. The number of aromatic carboxylic acids is 1. The number of hydrogen-bond acceptors (Lipinski definition) is 8. The molecule has 0 N–H and O–H groups in total. The predicted molar refractivity (Wildman–Crippen MR) is 101 cm³/mol. The van der Waals surface area contributed by atoms with Crippen LogP contribution in [0.1, 0.15) is 10.4 Å². The van der Waals surface area contributed by atoms with E-state index in [1.54, 1.807) is 0 Å². The minimum Gasteiger partial charge on any atom is -0.545 e. The molecule has 8 heteroatoms. The van der Waals surface area contributed by atoms with E-state index in [-0.39, 0.29) is 18.8 Å².